The Bertz CT molecular complexity index is 537. The van der Waals surface area contributed by atoms with E-state index in [2.05, 4.69) is 0 Å². The maximum atomic E-state index is 11.3. The fourth-order valence-corrected chi connectivity index (χ4v) is 2.62. The van der Waals surface area contributed by atoms with Gasteiger partial charge >= 0.3 is 5.97 Å². The number of carboxylic acid groups (broad SMARTS) is 1. The van der Waals surface area contributed by atoms with Crippen LogP contribution in [-0.2, 0) is 17.6 Å². The highest BCUT2D eigenvalue weighted by Crippen LogP contribution is 2.42. The zero-order valence-electron chi connectivity index (χ0n) is 12.0. The minimum Gasteiger partial charge on any atom is -0.486 e. The van der Waals surface area contributed by atoms with Gasteiger partial charge in [0.15, 0.2) is 11.5 Å². The number of carboxylic acids is 1. The predicted octanol–water partition coefficient (Wildman–Crippen LogP) is 3.33. The first-order valence-corrected chi connectivity index (χ1v) is 7.08. The molecule has 0 aliphatic carbocycles. The summed E-state index contributed by atoms with van der Waals surface area (Å²) in [6.07, 6.45) is 1.08. The number of halogens is 1. The van der Waals surface area contributed by atoms with Gasteiger partial charge in [-0.3, -0.25) is 4.79 Å². The van der Waals surface area contributed by atoms with Gasteiger partial charge in [-0.15, -0.1) is 0 Å². The molecule has 0 aromatic heterocycles. The van der Waals surface area contributed by atoms with Crippen molar-refractivity contribution in [2.24, 2.45) is 5.41 Å². The van der Waals surface area contributed by atoms with Crippen LogP contribution in [0.25, 0.3) is 0 Å². The smallest absolute Gasteiger partial charge is 0.309 e. The maximum Gasteiger partial charge on any atom is 0.309 e. The van der Waals surface area contributed by atoms with Gasteiger partial charge in [0.25, 0.3) is 0 Å². The molecule has 0 spiro atoms. The van der Waals surface area contributed by atoms with Gasteiger partial charge in [-0.05, 0) is 32.3 Å². The van der Waals surface area contributed by atoms with Crippen LogP contribution in [0.1, 0.15) is 31.9 Å². The van der Waals surface area contributed by atoms with Crippen LogP contribution < -0.4 is 9.47 Å². The van der Waals surface area contributed by atoms with E-state index in [4.69, 9.17) is 21.1 Å². The van der Waals surface area contributed by atoms with Gasteiger partial charge in [0.05, 0.1) is 5.41 Å². The van der Waals surface area contributed by atoms with Crippen molar-refractivity contribution in [1.82, 2.24) is 0 Å². The lowest BCUT2D eigenvalue weighted by molar-refractivity contribution is -0.146. The molecule has 0 atom stereocenters. The number of carbonyl (C=O) groups is 1. The summed E-state index contributed by atoms with van der Waals surface area (Å²) in [4.78, 5) is 11.3. The molecule has 0 radical (unpaired) electrons. The van der Waals surface area contributed by atoms with Crippen molar-refractivity contribution < 1.29 is 19.4 Å². The first-order chi connectivity index (χ1) is 9.36. The lowest BCUT2D eigenvalue weighted by Crippen LogP contribution is -2.27. The third-order valence-electron chi connectivity index (χ3n) is 3.55. The second-order valence-electron chi connectivity index (χ2n) is 5.56. The monoisotopic (exact) mass is 298 g/mol. The Labute approximate surface area is 123 Å². The topological polar surface area (TPSA) is 55.8 Å². The van der Waals surface area contributed by atoms with Crippen LogP contribution in [0.3, 0.4) is 0 Å². The normalized spacial score (nSPS) is 14.2. The molecule has 1 aliphatic heterocycles. The molecule has 1 aliphatic rings. The third-order valence-corrected chi connectivity index (χ3v) is 3.88. The van der Waals surface area contributed by atoms with E-state index in [9.17, 15) is 9.90 Å². The second kappa shape index (κ2) is 5.52. The Morgan fingerprint density at radius 2 is 2.00 bits per heavy atom. The molecular formula is C15H19ClO4. The SMILES string of the molecule is CCc1c(CC(C)(C)C(=O)O)c(Cl)cc2c1OCCO2. The molecule has 0 saturated heterocycles. The van der Waals surface area contributed by atoms with Gasteiger partial charge in [-0.25, -0.2) is 0 Å². The van der Waals surface area contributed by atoms with Crippen molar-refractivity contribution in [2.75, 3.05) is 13.2 Å². The van der Waals surface area contributed by atoms with Crippen molar-refractivity contribution in [2.45, 2.75) is 33.6 Å². The van der Waals surface area contributed by atoms with Gasteiger partial charge < -0.3 is 14.6 Å². The number of fused-ring (bicyclic) bond motifs is 1. The molecule has 1 heterocycles. The lowest BCUT2D eigenvalue weighted by Gasteiger charge is -2.26. The molecule has 5 heteroatoms. The summed E-state index contributed by atoms with van der Waals surface area (Å²) in [5.41, 5.74) is 0.907. The molecule has 1 aromatic carbocycles. The van der Waals surface area contributed by atoms with E-state index in [1.165, 1.54) is 0 Å². The fraction of sp³-hybridized carbons (Fsp3) is 0.533. The summed E-state index contributed by atoms with van der Waals surface area (Å²) < 4.78 is 11.2. The fourth-order valence-electron chi connectivity index (χ4n) is 2.34. The minimum absolute atomic E-state index is 0.362. The Morgan fingerprint density at radius 1 is 1.35 bits per heavy atom. The van der Waals surface area contributed by atoms with E-state index in [0.29, 0.717) is 36.2 Å². The second-order valence-corrected chi connectivity index (χ2v) is 5.97. The molecule has 0 saturated carbocycles. The van der Waals surface area contributed by atoms with Crippen molar-refractivity contribution in [1.29, 1.82) is 0 Å². The number of ether oxygens (including phenoxy) is 2. The van der Waals surface area contributed by atoms with Gasteiger partial charge in [-0.2, -0.15) is 0 Å². The Balaban J connectivity index is 2.50. The summed E-state index contributed by atoms with van der Waals surface area (Å²) >= 11 is 6.33. The van der Waals surface area contributed by atoms with Gasteiger partial charge in [0.2, 0.25) is 0 Å². The van der Waals surface area contributed by atoms with E-state index in [-0.39, 0.29) is 0 Å². The van der Waals surface area contributed by atoms with Crippen LogP contribution >= 0.6 is 11.6 Å². The van der Waals surface area contributed by atoms with Gasteiger partial charge in [0.1, 0.15) is 13.2 Å². The Morgan fingerprint density at radius 3 is 2.60 bits per heavy atom. The molecule has 20 heavy (non-hydrogen) atoms. The van der Waals surface area contributed by atoms with Crippen molar-refractivity contribution >= 4 is 17.6 Å². The Kier molecular flexibility index (Phi) is 4.14. The zero-order chi connectivity index (χ0) is 14.9. The molecule has 0 fully saturated rings. The minimum atomic E-state index is -0.878. The molecular weight excluding hydrogens is 280 g/mol. The zero-order valence-corrected chi connectivity index (χ0v) is 12.7. The predicted molar refractivity (Wildman–Crippen MR) is 76.9 cm³/mol. The van der Waals surface area contributed by atoms with E-state index < -0.39 is 11.4 Å². The maximum absolute atomic E-state index is 11.3. The summed E-state index contributed by atoms with van der Waals surface area (Å²) in [5.74, 6) is 0.514. The molecule has 0 unspecified atom stereocenters. The van der Waals surface area contributed by atoms with E-state index in [1.54, 1.807) is 19.9 Å². The lowest BCUT2D eigenvalue weighted by atomic mass is 9.83. The Hall–Kier alpha value is -1.42. The number of benzene rings is 1. The van der Waals surface area contributed by atoms with Gasteiger partial charge in [-0.1, -0.05) is 18.5 Å². The highest BCUT2D eigenvalue weighted by atomic mass is 35.5. The van der Waals surface area contributed by atoms with Crippen LogP contribution in [0.4, 0.5) is 0 Å². The largest absolute Gasteiger partial charge is 0.486 e. The van der Waals surface area contributed by atoms with E-state index >= 15 is 0 Å². The first-order valence-electron chi connectivity index (χ1n) is 6.70. The third kappa shape index (κ3) is 2.70. The van der Waals surface area contributed by atoms with E-state index in [0.717, 1.165) is 17.5 Å². The van der Waals surface area contributed by atoms with Crippen molar-refractivity contribution in [3.05, 3.63) is 22.2 Å². The van der Waals surface area contributed by atoms with Gasteiger partial charge in [0, 0.05) is 16.7 Å². The van der Waals surface area contributed by atoms with Crippen LogP contribution in [0.5, 0.6) is 11.5 Å². The number of hydrogen-bond acceptors (Lipinski definition) is 3. The summed E-state index contributed by atoms with van der Waals surface area (Å²) in [6, 6.07) is 1.72. The van der Waals surface area contributed by atoms with Crippen molar-refractivity contribution in [3.8, 4) is 11.5 Å². The summed E-state index contributed by atoms with van der Waals surface area (Å²) in [6.45, 7) is 6.40. The van der Waals surface area contributed by atoms with Crippen LogP contribution in [0, 0.1) is 5.41 Å². The number of hydrogen-bond donors (Lipinski definition) is 1. The molecule has 110 valence electrons. The summed E-state index contributed by atoms with van der Waals surface area (Å²) in [5, 5.41) is 9.84. The highest BCUT2D eigenvalue weighted by molar-refractivity contribution is 6.31. The molecule has 0 amide bonds. The van der Waals surface area contributed by atoms with Crippen LogP contribution in [0.2, 0.25) is 5.02 Å². The number of rotatable bonds is 4. The average Bonchev–Trinajstić information content (AvgIpc) is 2.39. The molecule has 1 N–H and O–H groups in total. The van der Waals surface area contributed by atoms with Crippen LogP contribution in [0.15, 0.2) is 6.07 Å². The molecule has 4 nitrogen and oxygen atoms in total. The van der Waals surface area contributed by atoms with Crippen molar-refractivity contribution in [3.63, 3.8) is 0 Å². The molecule has 1 aromatic rings. The molecule has 0 bridgehead atoms. The molecule has 2 rings (SSSR count). The standard InChI is InChI=1S/C15H19ClO4/c1-4-9-10(8-15(2,3)14(17)18)11(16)7-12-13(9)20-6-5-19-12/h7H,4-6,8H2,1-3H3,(H,17,18). The van der Waals surface area contributed by atoms with Crippen LogP contribution in [-0.4, -0.2) is 24.3 Å². The highest BCUT2D eigenvalue weighted by Gasteiger charge is 2.31. The average molecular weight is 299 g/mol. The quantitative estimate of drug-likeness (QED) is 0.926. The van der Waals surface area contributed by atoms with E-state index in [1.807, 2.05) is 6.92 Å². The number of aliphatic carboxylic acids is 1. The summed E-state index contributed by atoms with van der Waals surface area (Å²) in [7, 11) is 0. The first kappa shape index (κ1) is 15.0.